The second-order valence-electron chi connectivity index (χ2n) is 4.04. The van der Waals surface area contributed by atoms with Crippen molar-refractivity contribution in [2.24, 2.45) is 0 Å². The number of carboxylic acids is 1. The third-order valence-electron chi connectivity index (χ3n) is 2.57. The van der Waals surface area contributed by atoms with Gasteiger partial charge in [0.2, 0.25) is 0 Å². The summed E-state index contributed by atoms with van der Waals surface area (Å²) in [6.45, 7) is 3.83. The Hall–Kier alpha value is -1.69. The highest BCUT2D eigenvalue weighted by molar-refractivity contribution is 6.31. The third kappa shape index (κ3) is 4.45. The van der Waals surface area contributed by atoms with Gasteiger partial charge in [-0.25, -0.2) is 0 Å². The topological polar surface area (TPSA) is 40.5 Å². The Bertz CT molecular complexity index is 503. The van der Waals surface area contributed by atoms with Crippen LogP contribution in [0.15, 0.2) is 30.9 Å². The number of hydrogen-bond acceptors (Lipinski definition) is 2. The molecule has 110 valence electrons. The molecule has 1 aromatic rings. The first kappa shape index (κ1) is 16.4. The fourth-order valence-corrected chi connectivity index (χ4v) is 1.86. The van der Waals surface area contributed by atoms with Gasteiger partial charge in [0.1, 0.15) is 0 Å². The highest BCUT2D eigenvalue weighted by atomic mass is 35.5. The minimum Gasteiger partial charge on any atom is -0.481 e. The van der Waals surface area contributed by atoms with Gasteiger partial charge in [-0.1, -0.05) is 17.7 Å². The molecule has 7 heteroatoms. The highest BCUT2D eigenvalue weighted by Crippen LogP contribution is 2.36. The van der Waals surface area contributed by atoms with Gasteiger partial charge in [0.25, 0.3) is 0 Å². The van der Waals surface area contributed by atoms with Gasteiger partial charge in [-0.15, -0.1) is 6.58 Å². The molecule has 20 heavy (non-hydrogen) atoms. The van der Waals surface area contributed by atoms with E-state index in [1.165, 1.54) is 17.0 Å². The first-order chi connectivity index (χ1) is 9.25. The number of aliphatic carboxylic acids is 1. The average Bonchev–Trinajstić information content (AvgIpc) is 2.33. The minimum absolute atomic E-state index is 0.0836. The summed E-state index contributed by atoms with van der Waals surface area (Å²) in [5.41, 5.74) is -0.691. The standard InChI is InChI=1S/C13H13ClF3NO2/c1-2-6-18(7-5-12(19)20)9-3-4-11(14)10(8-9)13(15,16)17/h2-4,8H,1,5-7H2,(H,19,20). The average molecular weight is 308 g/mol. The fourth-order valence-electron chi connectivity index (χ4n) is 1.64. The molecule has 0 unspecified atom stereocenters. The summed E-state index contributed by atoms with van der Waals surface area (Å²) in [6.07, 6.45) is -3.25. The van der Waals surface area contributed by atoms with E-state index in [4.69, 9.17) is 16.7 Å². The number of hydrogen-bond donors (Lipinski definition) is 1. The highest BCUT2D eigenvalue weighted by Gasteiger charge is 2.33. The van der Waals surface area contributed by atoms with Crippen LogP contribution in [0.3, 0.4) is 0 Å². The van der Waals surface area contributed by atoms with E-state index in [-0.39, 0.29) is 25.2 Å². The number of nitrogens with zero attached hydrogens (tertiary/aromatic N) is 1. The van der Waals surface area contributed by atoms with Crippen molar-refractivity contribution < 1.29 is 23.1 Å². The number of rotatable bonds is 6. The monoisotopic (exact) mass is 307 g/mol. The van der Waals surface area contributed by atoms with Crippen molar-refractivity contribution in [1.29, 1.82) is 0 Å². The van der Waals surface area contributed by atoms with Crippen LogP contribution >= 0.6 is 11.6 Å². The second-order valence-corrected chi connectivity index (χ2v) is 4.45. The van der Waals surface area contributed by atoms with Gasteiger partial charge in [0.15, 0.2) is 0 Å². The Morgan fingerprint density at radius 3 is 2.60 bits per heavy atom. The Labute approximate surface area is 119 Å². The molecular formula is C13H13ClF3NO2. The molecule has 0 aliphatic rings. The molecule has 0 spiro atoms. The van der Waals surface area contributed by atoms with Crippen molar-refractivity contribution in [2.75, 3.05) is 18.0 Å². The van der Waals surface area contributed by atoms with Crippen LogP contribution in [-0.4, -0.2) is 24.2 Å². The van der Waals surface area contributed by atoms with Crippen LogP contribution in [0.25, 0.3) is 0 Å². The molecule has 0 fully saturated rings. The van der Waals surface area contributed by atoms with Crippen molar-refractivity contribution in [3.05, 3.63) is 41.4 Å². The number of benzene rings is 1. The molecule has 0 aromatic heterocycles. The summed E-state index contributed by atoms with van der Waals surface area (Å²) in [6, 6.07) is 3.48. The molecule has 0 heterocycles. The first-order valence-corrected chi connectivity index (χ1v) is 6.08. The molecule has 0 radical (unpaired) electrons. The molecule has 0 aliphatic carbocycles. The zero-order chi connectivity index (χ0) is 15.3. The molecular weight excluding hydrogens is 295 g/mol. The van der Waals surface area contributed by atoms with Gasteiger partial charge in [-0.3, -0.25) is 4.79 Å². The molecule has 0 saturated carbocycles. The van der Waals surface area contributed by atoms with Crippen LogP contribution in [-0.2, 0) is 11.0 Å². The summed E-state index contributed by atoms with van der Waals surface area (Å²) in [7, 11) is 0. The van der Waals surface area contributed by atoms with Gasteiger partial charge in [-0.2, -0.15) is 13.2 Å². The lowest BCUT2D eigenvalue weighted by molar-refractivity contribution is -0.138. The molecule has 0 bridgehead atoms. The van der Waals surface area contributed by atoms with Crippen LogP contribution < -0.4 is 4.90 Å². The third-order valence-corrected chi connectivity index (χ3v) is 2.90. The summed E-state index contributed by atoms with van der Waals surface area (Å²) >= 11 is 5.54. The molecule has 0 aliphatic heterocycles. The van der Waals surface area contributed by atoms with Gasteiger partial charge < -0.3 is 10.0 Å². The van der Waals surface area contributed by atoms with Gasteiger partial charge in [0, 0.05) is 18.8 Å². The summed E-state index contributed by atoms with van der Waals surface area (Å²) < 4.78 is 38.3. The van der Waals surface area contributed by atoms with E-state index in [1.54, 1.807) is 0 Å². The van der Waals surface area contributed by atoms with E-state index >= 15 is 0 Å². The lowest BCUT2D eigenvalue weighted by Crippen LogP contribution is -2.26. The van der Waals surface area contributed by atoms with E-state index < -0.39 is 22.7 Å². The molecule has 1 aromatic carbocycles. The maximum absolute atomic E-state index is 12.8. The summed E-state index contributed by atoms with van der Waals surface area (Å²) in [5, 5.41) is 8.26. The van der Waals surface area contributed by atoms with Crippen molar-refractivity contribution in [1.82, 2.24) is 0 Å². The Kier molecular flexibility index (Phi) is 5.44. The molecule has 0 amide bonds. The van der Waals surface area contributed by atoms with Crippen molar-refractivity contribution in [2.45, 2.75) is 12.6 Å². The van der Waals surface area contributed by atoms with Crippen LogP contribution in [0.1, 0.15) is 12.0 Å². The summed E-state index contributed by atoms with van der Waals surface area (Å²) in [4.78, 5) is 12.1. The molecule has 0 saturated heterocycles. The molecule has 1 N–H and O–H groups in total. The zero-order valence-electron chi connectivity index (χ0n) is 10.5. The van der Waals surface area contributed by atoms with Gasteiger partial charge in [-0.05, 0) is 18.2 Å². The Morgan fingerprint density at radius 1 is 1.45 bits per heavy atom. The van der Waals surface area contributed by atoms with Crippen LogP contribution in [0.4, 0.5) is 18.9 Å². The predicted octanol–water partition coefficient (Wildman–Crippen LogP) is 3.83. The van der Waals surface area contributed by atoms with Crippen LogP contribution in [0, 0.1) is 0 Å². The first-order valence-electron chi connectivity index (χ1n) is 5.70. The molecule has 3 nitrogen and oxygen atoms in total. The van der Waals surface area contributed by atoms with E-state index in [2.05, 4.69) is 6.58 Å². The van der Waals surface area contributed by atoms with Crippen LogP contribution in [0.2, 0.25) is 5.02 Å². The lowest BCUT2D eigenvalue weighted by Gasteiger charge is -2.24. The Morgan fingerprint density at radius 2 is 2.10 bits per heavy atom. The number of alkyl halides is 3. The van der Waals surface area contributed by atoms with E-state index in [1.807, 2.05) is 0 Å². The lowest BCUT2D eigenvalue weighted by atomic mass is 10.1. The molecule has 0 atom stereocenters. The zero-order valence-corrected chi connectivity index (χ0v) is 11.2. The van der Waals surface area contributed by atoms with Crippen LogP contribution in [0.5, 0.6) is 0 Å². The van der Waals surface area contributed by atoms with Crippen molar-refractivity contribution >= 4 is 23.3 Å². The fraction of sp³-hybridized carbons (Fsp3) is 0.308. The van der Waals surface area contributed by atoms with E-state index in [9.17, 15) is 18.0 Å². The quantitative estimate of drug-likeness (QED) is 0.812. The molecule has 1 rings (SSSR count). The number of halogens is 4. The smallest absolute Gasteiger partial charge is 0.417 e. The maximum atomic E-state index is 12.8. The second kappa shape index (κ2) is 6.65. The number of carbonyl (C=O) groups is 1. The number of carboxylic acid groups (broad SMARTS) is 1. The predicted molar refractivity (Wildman–Crippen MR) is 71.1 cm³/mol. The maximum Gasteiger partial charge on any atom is 0.417 e. The van der Waals surface area contributed by atoms with E-state index in [0.717, 1.165) is 12.1 Å². The largest absolute Gasteiger partial charge is 0.481 e. The summed E-state index contributed by atoms with van der Waals surface area (Å²) in [5.74, 6) is -1.02. The van der Waals surface area contributed by atoms with Crippen molar-refractivity contribution in [3.63, 3.8) is 0 Å². The van der Waals surface area contributed by atoms with Crippen molar-refractivity contribution in [3.8, 4) is 0 Å². The number of anilines is 1. The normalized spacial score (nSPS) is 11.2. The van der Waals surface area contributed by atoms with Gasteiger partial charge in [0.05, 0.1) is 17.0 Å². The SMILES string of the molecule is C=CCN(CCC(=O)O)c1ccc(Cl)c(C(F)(F)F)c1. The van der Waals surface area contributed by atoms with Gasteiger partial charge >= 0.3 is 12.1 Å². The Balaban J connectivity index is 3.07. The van der Waals surface area contributed by atoms with E-state index in [0.29, 0.717) is 0 Å². The minimum atomic E-state index is -4.56.